The van der Waals surface area contributed by atoms with Gasteiger partial charge in [-0.25, -0.2) is 9.64 Å². The second-order valence-electron chi connectivity index (χ2n) is 7.76. The van der Waals surface area contributed by atoms with Gasteiger partial charge in [0.2, 0.25) is 0 Å². The summed E-state index contributed by atoms with van der Waals surface area (Å²) < 4.78 is 5.90. The molecule has 1 aliphatic carbocycles. The third-order valence-corrected chi connectivity index (χ3v) is 6.44. The first kappa shape index (κ1) is 20.3. The van der Waals surface area contributed by atoms with E-state index in [4.69, 9.17) is 11.3 Å². The van der Waals surface area contributed by atoms with E-state index in [0.717, 1.165) is 49.7 Å². The minimum Gasteiger partial charge on any atom is -0.462 e. The predicted octanol–water partition coefficient (Wildman–Crippen LogP) is 4.38. The Bertz CT molecular complexity index is 815. The van der Waals surface area contributed by atoms with E-state index in [-0.39, 0.29) is 18.1 Å². The normalized spacial score (nSPS) is 22.8. The van der Waals surface area contributed by atoms with Crippen LogP contribution in [0.25, 0.3) is 4.85 Å². The van der Waals surface area contributed by atoms with Crippen LogP contribution >= 0.6 is 0 Å². The second kappa shape index (κ2) is 7.92. The fourth-order valence-electron chi connectivity index (χ4n) is 4.77. The van der Waals surface area contributed by atoms with Crippen molar-refractivity contribution in [2.24, 2.45) is 0 Å². The number of esters is 1. The van der Waals surface area contributed by atoms with Crippen LogP contribution in [0.5, 0.6) is 0 Å². The molecule has 28 heavy (non-hydrogen) atoms. The number of likely N-dealkylation sites (tertiary alicyclic amines) is 1. The number of ether oxygens (including phenoxy) is 1. The summed E-state index contributed by atoms with van der Waals surface area (Å²) in [5.74, 6) is -0.538. The van der Waals surface area contributed by atoms with E-state index in [1.807, 2.05) is 6.92 Å². The monoisotopic (exact) mass is 383 g/mol. The molecule has 1 saturated carbocycles. The molecule has 0 spiro atoms. The van der Waals surface area contributed by atoms with Gasteiger partial charge in [-0.1, -0.05) is 6.07 Å². The average Bonchev–Trinajstić information content (AvgIpc) is 3.12. The van der Waals surface area contributed by atoms with Crippen LogP contribution in [0.1, 0.15) is 61.9 Å². The molecule has 3 rings (SSSR count). The van der Waals surface area contributed by atoms with Gasteiger partial charge in [-0.05, 0) is 45.2 Å². The van der Waals surface area contributed by atoms with Gasteiger partial charge in [-0.2, -0.15) is 0 Å². The van der Waals surface area contributed by atoms with E-state index in [9.17, 15) is 9.59 Å². The molecule has 6 heteroatoms. The SMILES string of the molecule is [C-]#[N+]c1cc(C)c(NC(=O)C2([N+]3(CC)[CH-]CCC3)CCC2)c(C(=O)OCC)c1. The van der Waals surface area contributed by atoms with Crippen LogP contribution in [-0.2, 0) is 9.53 Å². The number of amides is 1. The van der Waals surface area contributed by atoms with Gasteiger partial charge in [0, 0.05) is 12.8 Å². The molecule has 1 N–H and O–H groups in total. The van der Waals surface area contributed by atoms with Crippen molar-refractivity contribution in [3.8, 4) is 0 Å². The molecule has 1 saturated heterocycles. The Morgan fingerprint density at radius 1 is 1.32 bits per heavy atom. The Balaban J connectivity index is 1.97. The van der Waals surface area contributed by atoms with E-state index >= 15 is 0 Å². The average molecular weight is 383 g/mol. The van der Waals surface area contributed by atoms with Crippen LogP contribution in [0.3, 0.4) is 0 Å². The van der Waals surface area contributed by atoms with Gasteiger partial charge in [0.05, 0.1) is 37.5 Å². The maximum absolute atomic E-state index is 13.5. The van der Waals surface area contributed by atoms with Gasteiger partial charge in [0.25, 0.3) is 5.91 Å². The first-order chi connectivity index (χ1) is 13.4. The van der Waals surface area contributed by atoms with Crippen LogP contribution in [0.2, 0.25) is 0 Å². The van der Waals surface area contributed by atoms with Gasteiger partial charge in [-0.3, -0.25) is 4.79 Å². The third kappa shape index (κ3) is 3.18. The van der Waals surface area contributed by atoms with Crippen molar-refractivity contribution >= 4 is 23.3 Å². The first-order valence-corrected chi connectivity index (χ1v) is 10.1. The zero-order valence-corrected chi connectivity index (χ0v) is 17.0. The smallest absolute Gasteiger partial charge is 0.338 e. The second-order valence-corrected chi connectivity index (χ2v) is 7.76. The number of benzene rings is 1. The molecule has 150 valence electrons. The van der Waals surface area contributed by atoms with Crippen LogP contribution in [0.15, 0.2) is 12.1 Å². The number of carbonyl (C=O) groups excluding carboxylic acids is 2. The molecule has 2 fully saturated rings. The number of likely N-dealkylation sites (N-methyl/N-ethyl adjacent to an activating group) is 1. The van der Waals surface area contributed by atoms with Crippen molar-refractivity contribution in [1.29, 1.82) is 0 Å². The quantitative estimate of drug-likeness (QED) is 0.451. The molecule has 1 aromatic carbocycles. The van der Waals surface area contributed by atoms with E-state index in [0.29, 0.717) is 16.9 Å². The maximum atomic E-state index is 13.5. The summed E-state index contributed by atoms with van der Waals surface area (Å²) in [6.45, 7) is 17.4. The maximum Gasteiger partial charge on any atom is 0.338 e. The molecule has 1 atom stereocenters. The van der Waals surface area contributed by atoms with Crippen LogP contribution in [0.4, 0.5) is 11.4 Å². The lowest BCUT2D eigenvalue weighted by molar-refractivity contribution is -0.935. The molecule has 6 nitrogen and oxygen atoms in total. The number of nitrogens with one attached hydrogen (secondary N) is 1. The van der Waals surface area contributed by atoms with Crippen LogP contribution in [-0.4, -0.2) is 41.6 Å². The first-order valence-electron chi connectivity index (χ1n) is 10.1. The van der Waals surface area contributed by atoms with Crippen molar-refractivity contribution in [2.45, 2.75) is 58.4 Å². The van der Waals surface area contributed by atoms with Gasteiger partial charge in [0.15, 0.2) is 11.2 Å². The molecular formula is C22H29N3O3. The summed E-state index contributed by atoms with van der Waals surface area (Å²) in [5, 5.41) is 3.07. The number of hydrogen-bond acceptors (Lipinski definition) is 3. The molecule has 1 aromatic rings. The van der Waals surface area contributed by atoms with E-state index in [1.165, 1.54) is 6.07 Å². The van der Waals surface area contributed by atoms with Crippen molar-refractivity contribution in [1.82, 2.24) is 0 Å². The standard InChI is InChI=1S/C22H29N3O3/c1-5-25(12-7-8-13-25)22(10-9-11-22)21(27)24-19-16(3)14-17(23-4)15-18(19)20(26)28-6-2/h12,14-15H,5-11,13H2,1-3H3,(H,24,27). The number of aryl methyl sites for hydroxylation is 1. The number of anilines is 1. The van der Waals surface area contributed by atoms with E-state index in [1.54, 1.807) is 13.0 Å². The van der Waals surface area contributed by atoms with Crippen molar-refractivity contribution in [3.05, 3.63) is 41.2 Å². The largest absolute Gasteiger partial charge is 0.462 e. The highest BCUT2D eigenvalue weighted by molar-refractivity contribution is 6.05. The molecule has 2 aliphatic rings. The summed E-state index contributed by atoms with van der Waals surface area (Å²) >= 11 is 0. The van der Waals surface area contributed by atoms with Crippen molar-refractivity contribution in [3.63, 3.8) is 0 Å². The number of hydrogen-bond donors (Lipinski definition) is 1. The van der Waals surface area contributed by atoms with Crippen molar-refractivity contribution < 1.29 is 18.8 Å². The highest BCUT2D eigenvalue weighted by Crippen LogP contribution is 2.48. The number of quaternary nitrogens is 1. The van der Waals surface area contributed by atoms with E-state index in [2.05, 4.69) is 23.6 Å². The molecule has 0 bridgehead atoms. The summed E-state index contributed by atoms with van der Waals surface area (Å²) in [7, 11) is 0. The van der Waals surface area contributed by atoms with Gasteiger partial charge in [0.1, 0.15) is 0 Å². The van der Waals surface area contributed by atoms with Crippen molar-refractivity contribution in [2.75, 3.05) is 25.0 Å². The van der Waals surface area contributed by atoms with Crippen LogP contribution < -0.4 is 5.32 Å². The number of rotatable bonds is 6. The van der Waals surface area contributed by atoms with E-state index < -0.39 is 11.5 Å². The Labute approximate surface area is 167 Å². The lowest BCUT2D eigenvalue weighted by atomic mass is 9.72. The highest BCUT2D eigenvalue weighted by Gasteiger charge is 2.56. The Morgan fingerprint density at radius 3 is 2.57 bits per heavy atom. The molecule has 1 amide bonds. The van der Waals surface area contributed by atoms with Gasteiger partial charge >= 0.3 is 5.97 Å². The zero-order chi connectivity index (χ0) is 20.4. The summed E-state index contributed by atoms with van der Waals surface area (Å²) in [6.07, 6.45) is 4.90. The summed E-state index contributed by atoms with van der Waals surface area (Å²) in [4.78, 5) is 29.5. The Morgan fingerprint density at radius 2 is 2.07 bits per heavy atom. The Kier molecular flexibility index (Phi) is 5.76. The highest BCUT2D eigenvalue weighted by atomic mass is 16.5. The predicted molar refractivity (Wildman–Crippen MR) is 108 cm³/mol. The lowest BCUT2D eigenvalue weighted by Crippen LogP contribution is -2.70. The third-order valence-electron chi connectivity index (χ3n) is 6.44. The summed E-state index contributed by atoms with van der Waals surface area (Å²) in [5.41, 5.74) is 1.33. The fraction of sp³-hybridized carbons (Fsp3) is 0.545. The summed E-state index contributed by atoms with van der Waals surface area (Å²) in [6, 6.07) is 3.21. The minimum atomic E-state index is -0.513. The molecule has 1 heterocycles. The molecule has 0 radical (unpaired) electrons. The Hall–Kier alpha value is -2.39. The molecule has 1 unspecified atom stereocenters. The van der Waals surface area contributed by atoms with Crippen LogP contribution in [0, 0.1) is 20.0 Å². The molecule has 1 aliphatic heterocycles. The topological polar surface area (TPSA) is 59.8 Å². The lowest BCUT2D eigenvalue weighted by Gasteiger charge is -2.60. The molecule has 0 aromatic heterocycles. The van der Waals surface area contributed by atoms with Gasteiger partial charge < -0.3 is 14.5 Å². The minimum absolute atomic E-state index is 0.0250. The number of nitrogens with zero attached hydrogens (tertiary/aromatic N) is 2. The zero-order valence-electron chi connectivity index (χ0n) is 17.0. The molecular weight excluding hydrogens is 354 g/mol. The number of carbonyl (C=O) groups is 2. The van der Waals surface area contributed by atoms with Gasteiger partial charge in [-0.15, -0.1) is 13.0 Å². The fourth-order valence-corrected chi connectivity index (χ4v) is 4.77.